The van der Waals surface area contributed by atoms with Gasteiger partial charge in [-0.25, -0.2) is 0 Å². The molecular formula is C25H28ClNO3. The molecule has 0 aromatic heterocycles. The predicted molar refractivity (Wildman–Crippen MR) is 117 cm³/mol. The molecule has 5 rings (SSSR count). The summed E-state index contributed by atoms with van der Waals surface area (Å²) >= 11 is 6.06. The van der Waals surface area contributed by atoms with Gasteiger partial charge in [-0.05, 0) is 55.5 Å². The van der Waals surface area contributed by atoms with Crippen molar-refractivity contribution in [3.05, 3.63) is 65.2 Å². The summed E-state index contributed by atoms with van der Waals surface area (Å²) in [7, 11) is 0. The van der Waals surface area contributed by atoms with Gasteiger partial charge in [0.1, 0.15) is 11.9 Å². The first kappa shape index (κ1) is 19.9. The molecular weight excluding hydrogens is 398 g/mol. The van der Waals surface area contributed by atoms with E-state index in [1.807, 2.05) is 54.6 Å². The zero-order valence-corrected chi connectivity index (χ0v) is 17.9. The van der Waals surface area contributed by atoms with Crippen LogP contribution in [0.3, 0.4) is 0 Å². The number of halogens is 1. The molecule has 2 heterocycles. The molecule has 1 saturated carbocycles. The van der Waals surface area contributed by atoms with Crippen molar-refractivity contribution in [3.63, 3.8) is 0 Å². The Bertz CT molecular complexity index is 886. The first-order valence-corrected chi connectivity index (χ1v) is 11.4. The molecule has 3 aliphatic rings. The number of amides is 1. The van der Waals surface area contributed by atoms with Gasteiger partial charge >= 0.3 is 0 Å². The summed E-state index contributed by atoms with van der Waals surface area (Å²) in [6, 6.07) is 17.8. The molecule has 2 aromatic rings. The van der Waals surface area contributed by atoms with Crippen LogP contribution in [0.25, 0.3) is 0 Å². The van der Waals surface area contributed by atoms with E-state index in [-0.39, 0.29) is 23.0 Å². The standard InChI is InChI=1S/C25H28ClNO3/c26-20-9-7-19(8-10-20)25(11-4-12-25)23(28)27-15-13-24(14-16-27)17-22(18-29-24)30-21-5-2-1-3-6-21/h1-3,5-10,22H,4,11-18H2. The highest BCUT2D eigenvalue weighted by atomic mass is 35.5. The van der Waals surface area contributed by atoms with Crippen molar-refractivity contribution in [1.29, 1.82) is 0 Å². The SMILES string of the molecule is O=C(N1CCC2(CC1)CC(Oc1ccccc1)CO2)C1(c2ccc(Cl)cc2)CCC1. The summed E-state index contributed by atoms with van der Waals surface area (Å²) in [5.74, 6) is 1.17. The fourth-order valence-corrected chi connectivity index (χ4v) is 5.39. The Balaban J connectivity index is 1.21. The number of carbonyl (C=O) groups is 1. The van der Waals surface area contributed by atoms with Crippen molar-refractivity contribution in [2.75, 3.05) is 19.7 Å². The number of benzene rings is 2. The number of hydrogen-bond acceptors (Lipinski definition) is 3. The minimum absolute atomic E-state index is 0.0849. The number of nitrogens with zero attached hydrogens (tertiary/aromatic N) is 1. The normalized spacial score (nSPS) is 24.4. The van der Waals surface area contributed by atoms with Gasteiger partial charge in [0.05, 0.1) is 17.6 Å². The second-order valence-electron chi connectivity index (χ2n) is 8.99. The Kier molecular flexibility index (Phi) is 5.24. The molecule has 158 valence electrons. The van der Waals surface area contributed by atoms with Crippen LogP contribution in [0.2, 0.25) is 5.02 Å². The number of likely N-dealkylation sites (tertiary alicyclic amines) is 1. The van der Waals surface area contributed by atoms with Crippen molar-refractivity contribution in [1.82, 2.24) is 4.90 Å². The molecule has 0 radical (unpaired) electrons. The Morgan fingerprint density at radius 1 is 1.00 bits per heavy atom. The van der Waals surface area contributed by atoms with Gasteiger partial charge in [-0.15, -0.1) is 0 Å². The third-order valence-corrected chi connectivity index (χ3v) is 7.45. The lowest BCUT2D eigenvalue weighted by Crippen LogP contribution is -2.55. The minimum atomic E-state index is -0.357. The van der Waals surface area contributed by atoms with Gasteiger partial charge in [0.25, 0.3) is 0 Å². The lowest BCUT2D eigenvalue weighted by Gasteiger charge is -2.47. The van der Waals surface area contributed by atoms with Crippen LogP contribution in [0, 0.1) is 0 Å². The van der Waals surface area contributed by atoms with Gasteiger partial charge in [0.2, 0.25) is 5.91 Å². The van der Waals surface area contributed by atoms with E-state index in [0.29, 0.717) is 11.6 Å². The highest BCUT2D eigenvalue weighted by Gasteiger charge is 2.50. The van der Waals surface area contributed by atoms with E-state index < -0.39 is 0 Å². The third-order valence-electron chi connectivity index (χ3n) is 7.20. The van der Waals surface area contributed by atoms with Crippen molar-refractivity contribution in [2.24, 2.45) is 0 Å². The zero-order chi connectivity index (χ0) is 20.6. The molecule has 1 aliphatic carbocycles. The lowest BCUT2D eigenvalue weighted by molar-refractivity contribution is -0.145. The van der Waals surface area contributed by atoms with Gasteiger partial charge < -0.3 is 14.4 Å². The van der Waals surface area contributed by atoms with E-state index in [0.717, 1.165) is 62.9 Å². The summed E-state index contributed by atoms with van der Waals surface area (Å²) in [5, 5.41) is 0.714. The second-order valence-corrected chi connectivity index (χ2v) is 9.42. The van der Waals surface area contributed by atoms with Crippen LogP contribution in [0.15, 0.2) is 54.6 Å². The van der Waals surface area contributed by atoms with Crippen LogP contribution in [0.5, 0.6) is 5.75 Å². The molecule has 3 fully saturated rings. The number of piperidine rings is 1. The molecule has 5 heteroatoms. The maximum Gasteiger partial charge on any atom is 0.233 e. The lowest BCUT2D eigenvalue weighted by atomic mass is 9.63. The summed E-state index contributed by atoms with van der Waals surface area (Å²) in [4.78, 5) is 15.6. The molecule has 0 bridgehead atoms. The van der Waals surface area contributed by atoms with Crippen molar-refractivity contribution in [2.45, 2.75) is 55.6 Å². The Labute approximate surface area is 183 Å². The summed E-state index contributed by atoms with van der Waals surface area (Å²) in [6.45, 7) is 2.13. The number of hydrogen-bond donors (Lipinski definition) is 0. The number of rotatable bonds is 4. The molecule has 1 spiro atoms. The largest absolute Gasteiger partial charge is 0.488 e. The van der Waals surface area contributed by atoms with Crippen molar-refractivity contribution >= 4 is 17.5 Å². The molecule has 2 aliphatic heterocycles. The van der Waals surface area contributed by atoms with Gasteiger partial charge in [-0.3, -0.25) is 4.79 Å². The third kappa shape index (κ3) is 3.61. The maximum absolute atomic E-state index is 13.5. The fourth-order valence-electron chi connectivity index (χ4n) is 5.26. The monoisotopic (exact) mass is 425 g/mol. The Morgan fingerprint density at radius 2 is 1.70 bits per heavy atom. The number of carbonyl (C=O) groups excluding carboxylic acids is 1. The van der Waals surface area contributed by atoms with E-state index >= 15 is 0 Å². The fraction of sp³-hybridized carbons (Fsp3) is 0.480. The van der Waals surface area contributed by atoms with Crippen LogP contribution in [0.4, 0.5) is 0 Å². The van der Waals surface area contributed by atoms with Crippen LogP contribution >= 0.6 is 11.6 Å². The average Bonchev–Trinajstić information content (AvgIpc) is 3.11. The highest BCUT2D eigenvalue weighted by Crippen LogP contribution is 2.47. The van der Waals surface area contributed by atoms with Crippen LogP contribution in [-0.4, -0.2) is 42.2 Å². The number of ether oxygens (including phenoxy) is 2. The summed E-state index contributed by atoms with van der Waals surface area (Å²) in [5.41, 5.74) is 0.602. The molecule has 4 nitrogen and oxygen atoms in total. The molecule has 1 amide bonds. The highest BCUT2D eigenvalue weighted by molar-refractivity contribution is 6.30. The van der Waals surface area contributed by atoms with Crippen LogP contribution < -0.4 is 4.74 Å². The van der Waals surface area contributed by atoms with Crippen molar-refractivity contribution in [3.8, 4) is 5.75 Å². The van der Waals surface area contributed by atoms with Crippen LogP contribution in [-0.2, 0) is 14.9 Å². The topological polar surface area (TPSA) is 38.8 Å². The smallest absolute Gasteiger partial charge is 0.233 e. The van der Waals surface area contributed by atoms with Crippen molar-refractivity contribution < 1.29 is 14.3 Å². The minimum Gasteiger partial charge on any atom is -0.488 e. The van der Waals surface area contributed by atoms with Gasteiger partial charge in [-0.2, -0.15) is 0 Å². The zero-order valence-electron chi connectivity index (χ0n) is 17.2. The molecule has 2 saturated heterocycles. The van der Waals surface area contributed by atoms with E-state index in [1.165, 1.54) is 0 Å². The van der Waals surface area contributed by atoms with Gasteiger partial charge in [0, 0.05) is 24.5 Å². The van der Waals surface area contributed by atoms with Crippen LogP contribution in [0.1, 0.15) is 44.1 Å². The van der Waals surface area contributed by atoms with E-state index in [2.05, 4.69) is 4.90 Å². The molecule has 2 aromatic carbocycles. The van der Waals surface area contributed by atoms with E-state index in [4.69, 9.17) is 21.1 Å². The molecule has 1 unspecified atom stereocenters. The molecule has 30 heavy (non-hydrogen) atoms. The first-order chi connectivity index (χ1) is 14.6. The van der Waals surface area contributed by atoms with E-state index in [1.54, 1.807) is 0 Å². The average molecular weight is 426 g/mol. The summed E-state index contributed by atoms with van der Waals surface area (Å²) < 4.78 is 12.3. The second kappa shape index (κ2) is 7.90. The number of para-hydroxylation sites is 1. The predicted octanol–water partition coefficient (Wildman–Crippen LogP) is 4.99. The van der Waals surface area contributed by atoms with Gasteiger partial charge in [0.15, 0.2) is 0 Å². The van der Waals surface area contributed by atoms with Gasteiger partial charge in [-0.1, -0.05) is 48.4 Å². The maximum atomic E-state index is 13.5. The first-order valence-electron chi connectivity index (χ1n) is 11.0. The Morgan fingerprint density at radius 3 is 2.33 bits per heavy atom. The summed E-state index contributed by atoms with van der Waals surface area (Å²) in [6.07, 6.45) is 5.70. The van der Waals surface area contributed by atoms with E-state index in [9.17, 15) is 4.79 Å². The Hall–Kier alpha value is -2.04. The quantitative estimate of drug-likeness (QED) is 0.692. The molecule has 1 atom stereocenters. The molecule has 0 N–H and O–H groups in total.